The lowest BCUT2D eigenvalue weighted by Gasteiger charge is -2.37. The number of aromatic amines is 1. The fraction of sp³-hybridized carbons (Fsp3) is 0.700. The Morgan fingerprint density at radius 3 is 2.52 bits per heavy atom. The van der Waals surface area contributed by atoms with Gasteiger partial charge in [0, 0.05) is 33.3 Å². The number of anilines is 2. The van der Waals surface area contributed by atoms with Gasteiger partial charge in [0.15, 0.2) is 5.69 Å². The maximum atomic E-state index is 13.3. The number of hydrogen-bond acceptors (Lipinski definition) is 7. The number of H-pyrrole nitrogens is 1. The molecule has 1 aliphatic rings. The molecule has 174 valence electrons. The van der Waals surface area contributed by atoms with E-state index in [1.54, 1.807) is 4.90 Å². The highest BCUT2D eigenvalue weighted by Crippen LogP contribution is 2.20. The SMILES string of the molecule is COCCN(C(=O)CN1CCNC(=O)C1C(C)C)c1c(N)n(CC(C)C)c(=O)[nH]c1=O. The van der Waals surface area contributed by atoms with Gasteiger partial charge in [-0.1, -0.05) is 27.7 Å². The lowest BCUT2D eigenvalue weighted by Crippen LogP contribution is -2.59. The number of ether oxygens (including phenoxy) is 1. The lowest BCUT2D eigenvalue weighted by molar-refractivity contribution is -0.132. The molecule has 1 saturated heterocycles. The fourth-order valence-electron chi connectivity index (χ4n) is 3.82. The van der Waals surface area contributed by atoms with E-state index in [-0.39, 0.29) is 48.9 Å². The molecular formula is C20H34N6O5. The quantitative estimate of drug-likeness (QED) is 0.458. The third-order valence-electron chi connectivity index (χ3n) is 5.18. The Morgan fingerprint density at radius 2 is 1.94 bits per heavy atom. The minimum atomic E-state index is -0.733. The van der Waals surface area contributed by atoms with E-state index in [9.17, 15) is 19.2 Å². The average Bonchev–Trinajstić information content (AvgIpc) is 2.67. The second-order valence-electron chi connectivity index (χ2n) is 8.49. The van der Waals surface area contributed by atoms with Crippen molar-refractivity contribution in [1.82, 2.24) is 19.8 Å². The number of carbonyl (C=O) groups is 2. The molecular weight excluding hydrogens is 404 g/mol. The number of nitrogen functional groups attached to an aromatic ring is 1. The second-order valence-corrected chi connectivity index (χ2v) is 8.49. The Kier molecular flexibility index (Phi) is 8.40. The average molecular weight is 439 g/mol. The molecule has 1 aliphatic heterocycles. The number of hydrogen-bond donors (Lipinski definition) is 3. The summed E-state index contributed by atoms with van der Waals surface area (Å²) in [5.74, 6) is -0.490. The monoisotopic (exact) mass is 438 g/mol. The van der Waals surface area contributed by atoms with Gasteiger partial charge in [-0.25, -0.2) is 4.79 Å². The van der Waals surface area contributed by atoms with Crippen LogP contribution in [0.4, 0.5) is 11.5 Å². The highest BCUT2D eigenvalue weighted by molar-refractivity contribution is 5.97. The van der Waals surface area contributed by atoms with Crippen molar-refractivity contribution in [3.05, 3.63) is 20.8 Å². The van der Waals surface area contributed by atoms with Gasteiger partial charge in [-0.3, -0.25) is 28.8 Å². The van der Waals surface area contributed by atoms with E-state index in [4.69, 9.17) is 10.5 Å². The van der Waals surface area contributed by atoms with Crippen LogP contribution in [0.5, 0.6) is 0 Å². The Balaban J connectivity index is 2.44. The molecule has 4 N–H and O–H groups in total. The highest BCUT2D eigenvalue weighted by Gasteiger charge is 2.35. The van der Waals surface area contributed by atoms with Crippen LogP contribution in [0, 0.1) is 11.8 Å². The molecule has 2 amide bonds. The van der Waals surface area contributed by atoms with Crippen LogP contribution in [0.1, 0.15) is 27.7 Å². The van der Waals surface area contributed by atoms with E-state index < -0.39 is 23.2 Å². The van der Waals surface area contributed by atoms with Crippen molar-refractivity contribution in [2.75, 3.05) is 50.5 Å². The van der Waals surface area contributed by atoms with Gasteiger partial charge in [0.05, 0.1) is 19.2 Å². The zero-order chi connectivity index (χ0) is 23.3. The van der Waals surface area contributed by atoms with Crippen LogP contribution in [-0.4, -0.2) is 72.2 Å². The zero-order valence-electron chi connectivity index (χ0n) is 18.9. The first kappa shape index (κ1) is 24.6. The van der Waals surface area contributed by atoms with E-state index in [1.807, 2.05) is 27.7 Å². The van der Waals surface area contributed by atoms with Crippen molar-refractivity contribution in [3.8, 4) is 0 Å². The summed E-state index contributed by atoms with van der Waals surface area (Å²) in [6.45, 7) is 9.09. The van der Waals surface area contributed by atoms with Crippen molar-refractivity contribution in [2.45, 2.75) is 40.3 Å². The van der Waals surface area contributed by atoms with Crippen molar-refractivity contribution in [2.24, 2.45) is 11.8 Å². The van der Waals surface area contributed by atoms with E-state index >= 15 is 0 Å². The molecule has 1 aromatic rings. The van der Waals surface area contributed by atoms with E-state index in [0.717, 1.165) is 0 Å². The van der Waals surface area contributed by atoms with Crippen LogP contribution in [0.2, 0.25) is 0 Å². The van der Waals surface area contributed by atoms with Gasteiger partial charge < -0.3 is 20.7 Å². The molecule has 1 aromatic heterocycles. The molecule has 1 atom stereocenters. The third-order valence-corrected chi connectivity index (χ3v) is 5.18. The molecule has 0 saturated carbocycles. The molecule has 0 aromatic carbocycles. The molecule has 31 heavy (non-hydrogen) atoms. The second kappa shape index (κ2) is 10.6. The van der Waals surface area contributed by atoms with E-state index in [0.29, 0.717) is 19.6 Å². The van der Waals surface area contributed by atoms with Gasteiger partial charge in [-0.2, -0.15) is 0 Å². The summed E-state index contributed by atoms with van der Waals surface area (Å²) in [7, 11) is 1.49. The summed E-state index contributed by atoms with van der Waals surface area (Å²) >= 11 is 0. The van der Waals surface area contributed by atoms with Gasteiger partial charge in [-0.05, 0) is 11.8 Å². The highest BCUT2D eigenvalue weighted by atomic mass is 16.5. The van der Waals surface area contributed by atoms with Gasteiger partial charge in [0.2, 0.25) is 11.8 Å². The Morgan fingerprint density at radius 1 is 1.26 bits per heavy atom. The number of methoxy groups -OCH3 is 1. The third kappa shape index (κ3) is 5.73. The standard InChI is InChI=1S/C20H34N6O5/c1-12(2)10-26-17(21)16(19(29)23-20(26)30)25(8-9-31-5)14(27)11-24-7-6-22-18(28)15(24)13(3)4/h12-13,15H,6-11,21H2,1-5H3,(H,22,28)(H,23,29,30). The summed E-state index contributed by atoms with van der Waals surface area (Å²) in [6.07, 6.45) is 0. The Hall–Kier alpha value is -2.66. The molecule has 1 unspecified atom stereocenters. The van der Waals surface area contributed by atoms with Crippen molar-refractivity contribution in [1.29, 1.82) is 0 Å². The van der Waals surface area contributed by atoms with Gasteiger partial charge in [0.25, 0.3) is 5.56 Å². The van der Waals surface area contributed by atoms with E-state index in [1.165, 1.54) is 16.6 Å². The topological polar surface area (TPSA) is 143 Å². The number of nitrogens with one attached hydrogen (secondary N) is 2. The first-order chi connectivity index (χ1) is 14.6. The molecule has 0 bridgehead atoms. The van der Waals surface area contributed by atoms with Crippen LogP contribution >= 0.6 is 0 Å². The summed E-state index contributed by atoms with van der Waals surface area (Å²) in [5.41, 5.74) is 4.77. The smallest absolute Gasteiger partial charge is 0.330 e. The summed E-state index contributed by atoms with van der Waals surface area (Å²) < 4.78 is 6.38. The number of amides is 2. The number of aromatic nitrogens is 2. The molecule has 11 heteroatoms. The summed E-state index contributed by atoms with van der Waals surface area (Å²) in [4.78, 5) is 55.9. The fourth-order valence-corrected chi connectivity index (χ4v) is 3.82. The molecule has 11 nitrogen and oxygen atoms in total. The number of piperazine rings is 1. The summed E-state index contributed by atoms with van der Waals surface area (Å²) in [6, 6.07) is -0.451. The number of nitrogens with zero attached hydrogens (tertiary/aromatic N) is 3. The van der Waals surface area contributed by atoms with Crippen molar-refractivity contribution < 1.29 is 14.3 Å². The van der Waals surface area contributed by atoms with Gasteiger partial charge >= 0.3 is 5.69 Å². The molecule has 0 radical (unpaired) electrons. The van der Waals surface area contributed by atoms with Gasteiger partial charge in [0.1, 0.15) is 5.82 Å². The van der Waals surface area contributed by atoms with Crippen LogP contribution in [-0.2, 0) is 20.9 Å². The number of nitrogens with two attached hydrogens (primary N) is 1. The molecule has 2 rings (SSSR count). The van der Waals surface area contributed by atoms with Crippen molar-refractivity contribution >= 4 is 23.3 Å². The van der Waals surface area contributed by atoms with Crippen molar-refractivity contribution in [3.63, 3.8) is 0 Å². The minimum absolute atomic E-state index is 0.00180. The van der Waals surface area contributed by atoms with E-state index in [2.05, 4.69) is 10.3 Å². The minimum Gasteiger partial charge on any atom is -0.383 e. The first-order valence-electron chi connectivity index (χ1n) is 10.5. The Labute approximate surface area is 181 Å². The molecule has 0 aliphatic carbocycles. The normalized spacial score (nSPS) is 17.3. The van der Waals surface area contributed by atoms with Crippen LogP contribution < -0.4 is 27.2 Å². The maximum absolute atomic E-state index is 13.3. The van der Waals surface area contributed by atoms with Crippen LogP contribution in [0.15, 0.2) is 9.59 Å². The first-order valence-corrected chi connectivity index (χ1v) is 10.5. The molecule has 2 heterocycles. The molecule has 1 fully saturated rings. The predicted octanol–water partition coefficient (Wildman–Crippen LogP) is -0.789. The lowest BCUT2D eigenvalue weighted by atomic mass is 9.99. The molecule has 0 spiro atoms. The zero-order valence-corrected chi connectivity index (χ0v) is 18.9. The predicted molar refractivity (Wildman–Crippen MR) is 118 cm³/mol. The van der Waals surface area contributed by atoms with Gasteiger partial charge in [-0.15, -0.1) is 0 Å². The summed E-state index contributed by atoms with van der Waals surface area (Å²) in [5, 5.41) is 2.82. The number of carbonyl (C=O) groups excluding carboxylic acids is 2. The van der Waals surface area contributed by atoms with Crippen LogP contribution in [0.3, 0.4) is 0 Å². The largest absolute Gasteiger partial charge is 0.383 e. The Bertz CT molecular complexity index is 906. The maximum Gasteiger partial charge on any atom is 0.330 e. The number of rotatable bonds is 9. The van der Waals surface area contributed by atoms with Crippen LogP contribution in [0.25, 0.3) is 0 Å².